The predicted octanol–water partition coefficient (Wildman–Crippen LogP) is 3.03. The lowest BCUT2D eigenvalue weighted by Gasteiger charge is -2.16. The highest BCUT2D eigenvalue weighted by Gasteiger charge is 2.21. The van der Waals surface area contributed by atoms with Gasteiger partial charge >= 0.3 is 12.1 Å². The van der Waals surface area contributed by atoms with Crippen molar-refractivity contribution in [1.82, 2.24) is 5.32 Å². The molecule has 0 bridgehead atoms. The van der Waals surface area contributed by atoms with Crippen molar-refractivity contribution in [3.05, 3.63) is 59.7 Å². The molecule has 0 heterocycles. The van der Waals surface area contributed by atoms with Gasteiger partial charge in [-0.3, -0.25) is 0 Å². The maximum absolute atomic E-state index is 11.7. The Hall–Kier alpha value is -2.56. The molecule has 0 aliphatic heterocycles. The first-order valence-electron chi connectivity index (χ1n) is 7.21. The lowest BCUT2D eigenvalue weighted by molar-refractivity contribution is -0.139. The molecule has 1 amide bonds. The van der Waals surface area contributed by atoms with Crippen molar-refractivity contribution in [2.45, 2.75) is 31.9 Å². The van der Waals surface area contributed by atoms with Crippen molar-refractivity contribution >= 4 is 12.1 Å². The zero-order valence-corrected chi connectivity index (χ0v) is 12.2. The topological polar surface area (TPSA) is 75.6 Å². The highest BCUT2D eigenvalue weighted by atomic mass is 16.5. The van der Waals surface area contributed by atoms with Crippen LogP contribution in [0.2, 0.25) is 0 Å². The first-order valence-corrected chi connectivity index (χ1v) is 7.21. The van der Waals surface area contributed by atoms with E-state index in [4.69, 9.17) is 4.74 Å². The maximum Gasteiger partial charge on any atom is 0.408 e. The Morgan fingerprint density at radius 1 is 1.23 bits per heavy atom. The summed E-state index contributed by atoms with van der Waals surface area (Å²) in [6.07, 6.45) is 7.29. The second kappa shape index (κ2) is 8.02. The molecule has 1 aliphatic carbocycles. The highest BCUT2D eigenvalue weighted by molar-refractivity contribution is 5.80. The predicted molar refractivity (Wildman–Crippen MR) is 82.3 cm³/mol. The molecule has 1 aliphatic rings. The largest absolute Gasteiger partial charge is 0.480 e. The van der Waals surface area contributed by atoms with E-state index in [1.807, 2.05) is 48.6 Å². The first-order chi connectivity index (χ1) is 10.6. The molecule has 0 saturated heterocycles. The van der Waals surface area contributed by atoms with Gasteiger partial charge in [0.1, 0.15) is 12.6 Å². The van der Waals surface area contributed by atoms with Gasteiger partial charge in [0.2, 0.25) is 0 Å². The third-order valence-corrected chi connectivity index (χ3v) is 3.31. The van der Waals surface area contributed by atoms with E-state index < -0.39 is 18.1 Å². The van der Waals surface area contributed by atoms with Gasteiger partial charge in [0.15, 0.2) is 0 Å². The van der Waals surface area contributed by atoms with E-state index in [1.54, 1.807) is 0 Å². The Morgan fingerprint density at radius 2 is 2.00 bits per heavy atom. The van der Waals surface area contributed by atoms with Crippen LogP contribution in [0.3, 0.4) is 0 Å². The van der Waals surface area contributed by atoms with Crippen LogP contribution in [0.4, 0.5) is 4.79 Å². The fourth-order valence-corrected chi connectivity index (χ4v) is 2.16. The lowest BCUT2D eigenvalue weighted by atomic mass is 10.0. The molecule has 0 aromatic heterocycles. The zero-order valence-electron chi connectivity index (χ0n) is 12.2. The smallest absolute Gasteiger partial charge is 0.408 e. The minimum atomic E-state index is -1.07. The Bertz CT molecular complexity index is 578. The van der Waals surface area contributed by atoms with E-state index in [0.29, 0.717) is 0 Å². The second-order valence-corrected chi connectivity index (χ2v) is 5.06. The molecular formula is C17H19NO4. The molecule has 5 heteroatoms. The first kappa shape index (κ1) is 15.8. The molecule has 0 saturated carbocycles. The summed E-state index contributed by atoms with van der Waals surface area (Å²) in [7, 11) is 0. The van der Waals surface area contributed by atoms with Gasteiger partial charge in [-0.25, -0.2) is 9.59 Å². The van der Waals surface area contributed by atoms with Crippen LogP contribution in [0.5, 0.6) is 0 Å². The average molecular weight is 301 g/mol. The molecular weight excluding hydrogens is 282 g/mol. The number of aliphatic carboxylic acids is 1. The van der Waals surface area contributed by atoms with E-state index in [2.05, 4.69) is 5.32 Å². The molecule has 0 fully saturated rings. The SMILES string of the molecule is O=C(N[C@@H](CC1=CCCC=C1)C(=O)O)OCc1ccccc1. The van der Waals surface area contributed by atoms with Crippen LogP contribution < -0.4 is 5.32 Å². The molecule has 2 rings (SSSR count). The number of carbonyl (C=O) groups excluding carboxylic acids is 1. The molecule has 2 N–H and O–H groups in total. The van der Waals surface area contributed by atoms with E-state index in [-0.39, 0.29) is 13.0 Å². The van der Waals surface area contributed by atoms with Gasteiger partial charge in [0.25, 0.3) is 0 Å². The Balaban J connectivity index is 1.84. The summed E-state index contributed by atoms with van der Waals surface area (Å²) in [4.78, 5) is 23.0. The summed E-state index contributed by atoms with van der Waals surface area (Å²) >= 11 is 0. The van der Waals surface area contributed by atoms with Crippen LogP contribution in [0.15, 0.2) is 54.1 Å². The molecule has 116 valence electrons. The van der Waals surface area contributed by atoms with Gasteiger partial charge in [0.05, 0.1) is 0 Å². The number of alkyl carbamates (subject to hydrolysis) is 1. The van der Waals surface area contributed by atoms with Crippen LogP contribution in [-0.4, -0.2) is 23.2 Å². The van der Waals surface area contributed by atoms with Crippen molar-refractivity contribution in [1.29, 1.82) is 0 Å². The summed E-state index contributed by atoms with van der Waals surface area (Å²) < 4.78 is 5.05. The Kier molecular flexibility index (Phi) is 5.77. The van der Waals surface area contributed by atoms with Crippen molar-refractivity contribution in [2.24, 2.45) is 0 Å². The molecule has 22 heavy (non-hydrogen) atoms. The van der Waals surface area contributed by atoms with Crippen molar-refractivity contribution in [3.8, 4) is 0 Å². The minimum absolute atomic E-state index is 0.113. The Labute approximate surface area is 129 Å². The minimum Gasteiger partial charge on any atom is -0.480 e. The van der Waals surface area contributed by atoms with Crippen LogP contribution in [0, 0.1) is 0 Å². The lowest BCUT2D eigenvalue weighted by Crippen LogP contribution is -2.41. The van der Waals surface area contributed by atoms with Crippen LogP contribution in [-0.2, 0) is 16.1 Å². The maximum atomic E-state index is 11.7. The zero-order chi connectivity index (χ0) is 15.8. The van der Waals surface area contributed by atoms with Crippen LogP contribution in [0.25, 0.3) is 0 Å². The normalized spacial score (nSPS) is 14.8. The van der Waals surface area contributed by atoms with Gasteiger partial charge in [-0.2, -0.15) is 0 Å². The highest BCUT2D eigenvalue weighted by Crippen LogP contribution is 2.15. The fraction of sp³-hybridized carbons (Fsp3) is 0.294. The van der Waals surface area contributed by atoms with Gasteiger partial charge in [-0.05, 0) is 24.0 Å². The summed E-state index contributed by atoms with van der Waals surface area (Å²) in [6, 6.07) is 8.24. The summed E-state index contributed by atoms with van der Waals surface area (Å²) in [5.74, 6) is -1.07. The summed E-state index contributed by atoms with van der Waals surface area (Å²) in [5.41, 5.74) is 1.77. The molecule has 0 radical (unpaired) electrons. The number of carboxylic acids is 1. The number of carboxylic acid groups (broad SMARTS) is 1. The van der Waals surface area contributed by atoms with Crippen molar-refractivity contribution in [3.63, 3.8) is 0 Å². The fourth-order valence-electron chi connectivity index (χ4n) is 2.16. The van der Waals surface area contributed by atoms with Gasteiger partial charge in [-0.15, -0.1) is 0 Å². The number of hydrogen-bond acceptors (Lipinski definition) is 3. The van der Waals surface area contributed by atoms with E-state index in [0.717, 1.165) is 24.0 Å². The number of benzene rings is 1. The third kappa shape index (κ3) is 5.09. The molecule has 0 spiro atoms. The van der Waals surface area contributed by atoms with E-state index in [1.165, 1.54) is 0 Å². The molecule has 1 aromatic rings. The Morgan fingerprint density at radius 3 is 2.64 bits per heavy atom. The van der Waals surface area contributed by atoms with E-state index >= 15 is 0 Å². The quantitative estimate of drug-likeness (QED) is 0.847. The molecule has 0 unspecified atom stereocenters. The molecule has 1 atom stereocenters. The van der Waals surface area contributed by atoms with Gasteiger partial charge < -0.3 is 15.2 Å². The molecule has 5 nitrogen and oxygen atoms in total. The monoisotopic (exact) mass is 301 g/mol. The number of rotatable bonds is 6. The average Bonchev–Trinajstić information content (AvgIpc) is 2.54. The van der Waals surface area contributed by atoms with Crippen molar-refractivity contribution < 1.29 is 19.4 Å². The third-order valence-electron chi connectivity index (χ3n) is 3.31. The van der Waals surface area contributed by atoms with Gasteiger partial charge in [0, 0.05) is 6.42 Å². The number of hydrogen-bond donors (Lipinski definition) is 2. The number of ether oxygens (including phenoxy) is 1. The van der Waals surface area contributed by atoms with Gasteiger partial charge in [-0.1, -0.05) is 48.6 Å². The van der Waals surface area contributed by atoms with Crippen molar-refractivity contribution in [2.75, 3.05) is 0 Å². The summed E-state index contributed by atoms with van der Waals surface area (Å²) in [6.45, 7) is 0.113. The van der Waals surface area contributed by atoms with Crippen LogP contribution in [0.1, 0.15) is 24.8 Å². The molecule has 1 aromatic carbocycles. The standard InChI is InChI=1S/C17H19NO4/c19-16(20)15(11-13-7-3-1-4-8-13)18-17(21)22-12-14-9-5-2-6-10-14/h2-3,5-10,15H,1,4,11-12H2,(H,18,21)(H,19,20)/t15-/m0/s1. The second-order valence-electron chi connectivity index (χ2n) is 5.06. The number of allylic oxidation sites excluding steroid dienone is 3. The summed E-state index contributed by atoms with van der Waals surface area (Å²) in [5, 5.41) is 11.6. The number of amides is 1. The van der Waals surface area contributed by atoms with E-state index in [9.17, 15) is 14.7 Å². The number of nitrogens with one attached hydrogen (secondary N) is 1. The van der Waals surface area contributed by atoms with Crippen LogP contribution >= 0.6 is 0 Å². The number of carbonyl (C=O) groups is 2.